The summed E-state index contributed by atoms with van der Waals surface area (Å²) in [6.45, 7) is 4.56. The number of rotatable bonds is 4. The number of hydrogen-bond acceptors (Lipinski definition) is 5. The number of sulfonamides is 1. The fraction of sp³-hybridized carbons (Fsp3) is 0.308. The number of ether oxygens (including phenoxy) is 1. The second kappa shape index (κ2) is 8.94. The lowest BCUT2D eigenvalue weighted by Gasteiger charge is -2.33. The molecule has 176 valence electrons. The van der Waals surface area contributed by atoms with Gasteiger partial charge in [0.15, 0.2) is 0 Å². The van der Waals surface area contributed by atoms with Crippen molar-refractivity contribution in [1.82, 2.24) is 9.29 Å². The van der Waals surface area contributed by atoms with Crippen LogP contribution in [0.3, 0.4) is 0 Å². The van der Waals surface area contributed by atoms with E-state index >= 15 is 0 Å². The molecule has 2 aliphatic rings. The van der Waals surface area contributed by atoms with Crippen LogP contribution in [0, 0.1) is 0 Å². The predicted molar refractivity (Wildman–Crippen MR) is 130 cm³/mol. The van der Waals surface area contributed by atoms with Crippen LogP contribution in [0.15, 0.2) is 59.5 Å². The number of aromatic nitrogens is 1. The van der Waals surface area contributed by atoms with Crippen molar-refractivity contribution in [2.24, 2.45) is 0 Å². The molecule has 8 heteroatoms. The Kier molecular flexibility index (Phi) is 5.97. The molecule has 0 bridgehead atoms. The summed E-state index contributed by atoms with van der Waals surface area (Å²) >= 11 is 0. The van der Waals surface area contributed by atoms with Gasteiger partial charge in [-0.25, -0.2) is 8.42 Å². The molecule has 1 N–H and O–H groups in total. The molecule has 1 amide bonds. The first-order valence-corrected chi connectivity index (χ1v) is 12.9. The van der Waals surface area contributed by atoms with Gasteiger partial charge in [-0.1, -0.05) is 30.3 Å². The summed E-state index contributed by atoms with van der Waals surface area (Å²) in [6.07, 6.45) is 1.37. The number of amides is 1. The molecule has 5 rings (SSSR count). The summed E-state index contributed by atoms with van der Waals surface area (Å²) in [5, 5.41) is 2.66. The summed E-state index contributed by atoms with van der Waals surface area (Å²) in [5.41, 5.74) is 6.76. The quantitative estimate of drug-likeness (QED) is 0.615. The monoisotopic (exact) mass is 477 g/mol. The standard InChI is InChI=1S/C26H27N3O4S/c1-17-14-22-24(16-33-17)23-15-29(13-12-25(23)28-26(22)19-6-4-3-5-7-19)34(31,32)21-10-8-20(9-11-21)27-18(2)30/h3-11,17H,12-16H2,1-2H3,(H,27,30)/t17-/m0/s1. The van der Waals surface area contributed by atoms with Crippen molar-refractivity contribution in [1.29, 1.82) is 0 Å². The average Bonchev–Trinajstić information content (AvgIpc) is 2.83. The molecule has 2 aromatic carbocycles. The summed E-state index contributed by atoms with van der Waals surface area (Å²) in [7, 11) is -3.70. The molecular weight excluding hydrogens is 450 g/mol. The molecule has 0 fully saturated rings. The minimum absolute atomic E-state index is 0.0837. The third kappa shape index (κ3) is 4.24. The number of anilines is 1. The minimum Gasteiger partial charge on any atom is -0.373 e. The van der Waals surface area contributed by atoms with Crippen LogP contribution in [-0.2, 0) is 45.5 Å². The Balaban J connectivity index is 1.50. The Labute approximate surface area is 199 Å². The van der Waals surface area contributed by atoms with Gasteiger partial charge in [0, 0.05) is 49.8 Å². The van der Waals surface area contributed by atoms with Crippen molar-refractivity contribution in [3.05, 3.63) is 77.0 Å². The van der Waals surface area contributed by atoms with Gasteiger partial charge in [-0.3, -0.25) is 9.78 Å². The van der Waals surface area contributed by atoms with Crippen LogP contribution < -0.4 is 5.32 Å². The van der Waals surface area contributed by atoms with Crippen LogP contribution >= 0.6 is 0 Å². The predicted octanol–water partition coefficient (Wildman–Crippen LogP) is 3.92. The van der Waals surface area contributed by atoms with Gasteiger partial charge in [0.2, 0.25) is 15.9 Å². The third-order valence-corrected chi connectivity index (χ3v) is 8.26. The van der Waals surface area contributed by atoms with Gasteiger partial charge in [0.1, 0.15) is 0 Å². The molecule has 0 unspecified atom stereocenters. The number of benzene rings is 2. The number of carbonyl (C=O) groups is 1. The first kappa shape index (κ1) is 22.7. The molecule has 34 heavy (non-hydrogen) atoms. The maximum Gasteiger partial charge on any atom is 0.243 e. The molecule has 0 aliphatic carbocycles. The lowest BCUT2D eigenvalue weighted by Crippen LogP contribution is -2.38. The van der Waals surface area contributed by atoms with Gasteiger partial charge < -0.3 is 10.1 Å². The number of nitrogens with zero attached hydrogens (tertiary/aromatic N) is 2. The van der Waals surface area contributed by atoms with E-state index in [1.807, 2.05) is 18.2 Å². The molecule has 0 radical (unpaired) electrons. The van der Waals surface area contributed by atoms with Gasteiger partial charge in [-0.2, -0.15) is 4.31 Å². The SMILES string of the molecule is CC(=O)Nc1ccc(S(=O)(=O)N2CCc3nc(-c4ccccc4)c4c(c3C2)CO[C@@H](C)C4)cc1. The van der Waals surface area contributed by atoms with E-state index < -0.39 is 10.0 Å². The molecule has 1 aromatic heterocycles. The van der Waals surface area contributed by atoms with Gasteiger partial charge in [0.05, 0.1) is 23.3 Å². The van der Waals surface area contributed by atoms with Gasteiger partial charge in [0.25, 0.3) is 0 Å². The van der Waals surface area contributed by atoms with Crippen molar-refractivity contribution in [3.8, 4) is 11.3 Å². The van der Waals surface area contributed by atoms with Crippen LogP contribution in [0.2, 0.25) is 0 Å². The number of pyridine rings is 1. The molecule has 0 saturated carbocycles. The Hall–Kier alpha value is -3.07. The van der Waals surface area contributed by atoms with Crippen LogP contribution in [0.1, 0.15) is 36.2 Å². The van der Waals surface area contributed by atoms with Crippen molar-refractivity contribution < 1.29 is 17.9 Å². The Bertz CT molecular complexity index is 1340. The summed E-state index contributed by atoms with van der Waals surface area (Å²) in [4.78, 5) is 16.5. The highest BCUT2D eigenvalue weighted by Gasteiger charge is 2.33. The highest BCUT2D eigenvalue weighted by molar-refractivity contribution is 7.89. The van der Waals surface area contributed by atoms with Crippen LogP contribution in [0.5, 0.6) is 0 Å². The highest BCUT2D eigenvalue weighted by Crippen LogP contribution is 2.36. The fourth-order valence-corrected chi connectivity index (χ4v) is 6.13. The van der Waals surface area contributed by atoms with Crippen LogP contribution in [-0.4, -0.2) is 36.3 Å². The Morgan fingerprint density at radius 1 is 1.06 bits per heavy atom. The first-order chi connectivity index (χ1) is 16.3. The van der Waals surface area contributed by atoms with E-state index in [4.69, 9.17) is 9.72 Å². The minimum atomic E-state index is -3.70. The number of fused-ring (bicyclic) bond motifs is 3. The molecular formula is C26H27N3O4S. The largest absolute Gasteiger partial charge is 0.373 e. The van der Waals surface area contributed by atoms with E-state index in [2.05, 4.69) is 24.4 Å². The van der Waals surface area contributed by atoms with E-state index in [0.29, 0.717) is 25.3 Å². The maximum atomic E-state index is 13.4. The Morgan fingerprint density at radius 3 is 2.50 bits per heavy atom. The van der Waals surface area contributed by atoms with Crippen LogP contribution in [0.25, 0.3) is 11.3 Å². The average molecular weight is 478 g/mol. The van der Waals surface area contributed by atoms with E-state index in [9.17, 15) is 13.2 Å². The molecule has 7 nitrogen and oxygen atoms in total. The molecule has 3 aromatic rings. The number of carbonyl (C=O) groups excluding carboxylic acids is 1. The maximum absolute atomic E-state index is 13.4. The number of hydrogen-bond donors (Lipinski definition) is 1. The van der Waals surface area contributed by atoms with Gasteiger partial charge in [-0.15, -0.1) is 0 Å². The molecule has 0 spiro atoms. The summed E-state index contributed by atoms with van der Waals surface area (Å²) < 4.78 is 34.4. The second-order valence-electron chi connectivity index (χ2n) is 8.83. The van der Waals surface area contributed by atoms with Crippen molar-refractivity contribution in [2.75, 3.05) is 11.9 Å². The van der Waals surface area contributed by atoms with E-state index in [1.54, 1.807) is 12.1 Å². The summed E-state index contributed by atoms with van der Waals surface area (Å²) in [6, 6.07) is 16.4. The van der Waals surface area contributed by atoms with E-state index in [1.165, 1.54) is 23.4 Å². The third-order valence-electron chi connectivity index (χ3n) is 6.41. The van der Waals surface area contributed by atoms with E-state index in [-0.39, 0.29) is 23.5 Å². The van der Waals surface area contributed by atoms with Crippen molar-refractivity contribution in [3.63, 3.8) is 0 Å². The van der Waals surface area contributed by atoms with Gasteiger partial charge in [-0.05, 0) is 47.9 Å². The topological polar surface area (TPSA) is 88.6 Å². The molecule has 1 atom stereocenters. The van der Waals surface area contributed by atoms with Gasteiger partial charge >= 0.3 is 0 Å². The van der Waals surface area contributed by atoms with E-state index in [0.717, 1.165) is 40.1 Å². The zero-order valence-corrected chi connectivity index (χ0v) is 20.1. The zero-order chi connectivity index (χ0) is 23.9. The molecule has 2 aliphatic heterocycles. The fourth-order valence-electron chi connectivity index (χ4n) is 4.72. The summed E-state index contributed by atoms with van der Waals surface area (Å²) in [5.74, 6) is -0.202. The molecule has 3 heterocycles. The Morgan fingerprint density at radius 2 is 1.79 bits per heavy atom. The van der Waals surface area contributed by atoms with Crippen molar-refractivity contribution in [2.45, 2.75) is 50.8 Å². The lowest BCUT2D eigenvalue weighted by atomic mass is 9.89. The number of nitrogens with one attached hydrogen (secondary N) is 1. The highest BCUT2D eigenvalue weighted by atomic mass is 32.2. The molecule has 0 saturated heterocycles. The first-order valence-electron chi connectivity index (χ1n) is 11.4. The zero-order valence-electron chi connectivity index (χ0n) is 19.2. The smallest absolute Gasteiger partial charge is 0.243 e. The van der Waals surface area contributed by atoms with Crippen LogP contribution in [0.4, 0.5) is 5.69 Å². The van der Waals surface area contributed by atoms with Crippen molar-refractivity contribution >= 4 is 21.6 Å². The second-order valence-corrected chi connectivity index (χ2v) is 10.8. The normalized spacial score (nSPS) is 18.1. The lowest BCUT2D eigenvalue weighted by molar-refractivity contribution is -0.114.